The number of fused-ring (bicyclic) bond motifs is 1. The van der Waals surface area contributed by atoms with Gasteiger partial charge in [-0.05, 0) is 43.2 Å². The van der Waals surface area contributed by atoms with Crippen molar-refractivity contribution in [2.45, 2.75) is 45.1 Å². The van der Waals surface area contributed by atoms with Crippen molar-refractivity contribution in [1.29, 1.82) is 5.41 Å². The Kier molecular flexibility index (Phi) is 7.69. The molecule has 0 bridgehead atoms. The molecule has 3 heterocycles. The topological polar surface area (TPSA) is 124 Å². The summed E-state index contributed by atoms with van der Waals surface area (Å²) in [6, 6.07) is 8.20. The number of methoxy groups -OCH3 is 1. The Morgan fingerprint density at radius 1 is 1.23 bits per heavy atom. The van der Waals surface area contributed by atoms with E-state index in [1.165, 1.54) is 19.2 Å². The first-order valence-corrected chi connectivity index (χ1v) is 11.8. The van der Waals surface area contributed by atoms with E-state index < -0.39 is 0 Å². The average Bonchev–Trinajstić information content (AvgIpc) is 3.44. The maximum absolute atomic E-state index is 13.6. The molecule has 0 amide bonds. The lowest BCUT2D eigenvalue weighted by molar-refractivity contribution is -0.144. The number of rotatable bonds is 10. The molecule has 4 rings (SSSR count). The van der Waals surface area contributed by atoms with Gasteiger partial charge in [0.1, 0.15) is 18.2 Å². The molecule has 4 N–H and O–H groups in total. The van der Waals surface area contributed by atoms with Gasteiger partial charge in [-0.15, -0.1) is 0 Å². The van der Waals surface area contributed by atoms with E-state index in [1.54, 1.807) is 18.3 Å². The van der Waals surface area contributed by atoms with E-state index in [4.69, 9.17) is 30.3 Å². The Hall–Kier alpha value is -3.82. The number of nitrogens with zero attached hydrogens (tertiary/aromatic N) is 4. The van der Waals surface area contributed by atoms with Crippen molar-refractivity contribution >= 4 is 17.7 Å². The van der Waals surface area contributed by atoms with E-state index >= 15 is 0 Å². The highest BCUT2D eigenvalue weighted by molar-refractivity contribution is 5.79. The third kappa shape index (κ3) is 5.64. The summed E-state index contributed by atoms with van der Waals surface area (Å²) >= 11 is 0. The zero-order valence-electron chi connectivity index (χ0n) is 20.1. The van der Waals surface area contributed by atoms with Gasteiger partial charge in [-0.1, -0.05) is 6.92 Å². The predicted molar refractivity (Wildman–Crippen MR) is 132 cm³/mol. The fourth-order valence-electron chi connectivity index (χ4n) is 4.11. The summed E-state index contributed by atoms with van der Waals surface area (Å²) in [6.45, 7) is 3.22. The number of hydrogen-bond acceptors (Lipinski definition) is 7. The highest BCUT2D eigenvalue weighted by Gasteiger charge is 2.31. The quantitative estimate of drug-likeness (QED) is 0.303. The Bertz CT molecular complexity index is 1190. The average molecular weight is 481 g/mol. The zero-order valence-corrected chi connectivity index (χ0v) is 20.1. The van der Waals surface area contributed by atoms with Crippen LogP contribution in [0.4, 0.5) is 10.3 Å². The Morgan fingerprint density at radius 3 is 2.77 bits per heavy atom. The molecule has 35 heavy (non-hydrogen) atoms. The molecular formula is C25H31FN7O2+. The van der Waals surface area contributed by atoms with Crippen LogP contribution in [-0.2, 0) is 15.9 Å². The van der Waals surface area contributed by atoms with Crippen molar-refractivity contribution in [2.75, 3.05) is 25.6 Å². The molecule has 2 aromatic heterocycles. The second-order valence-electron chi connectivity index (χ2n) is 8.39. The molecular weight excluding hydrogens is 449 g/mol. The molecule has 0 saturated heterocycles. The third-order valence-electron chi connectivity index (χ3n) is 5.91. The molecule has 1 aromatic carbocycles. The molecule has 184 valence electrons. The molecule has 9 nitrogen and oxygen atoms in total. The van der Waals surface area contributed by atoms with E-state index in [-0.39, 0.29) is 17.8 Å². The van der Waals surface area contributed by atoms with Crippen molar-refractivity contribution in [2.24, 2.45) is 0 Å². The number of anilines is 1. The van der Waals surface area contributed by atoms with Gasteiger partial charge in [0.25, 0.3) is 0 Å². The van der Waals surface area contributed by atoms with E-state index in [1.807, 2.05) is 6.07 Å². The highest BCUT2D eigenvalue weighted by atomic mass is 19.1. The second-order valence-corrected chi connectivity index (χ2v) is 8.39. The number of aryl methyl sites for hydroxylation is 1. The van der Waals surface area contributed by atoms with Crippen molar-refractivity contribution < 1.29 is 19.3 Å². The fraction of sp³-hybridized carbons (Fsp3) is 0.400. The summed E-state index contributed by atoms with van der Waals surface area (Å²) < 4.78 is 26.5. The van der Waals surface area contributed by atoms with E-state index in [2.05, 4.69) is 21.8 Å². The molecule has 0 aliphatic carbocycles. The van der Waals surface area contributed by atoms with Gasteiger partial charge in [0.15, 0.2) is 5.90 Å². The van der Waals surface area contributed by atoms with E-state index in [0.717, 1.165) is 54.3 Å². The second kappa shape index (κ2) is 11.1. The molecule has 3 aromatic rings. The van der Waals surface area contributed by atoms with Gasteiger partial charge in [-0.25, -0.2) is 24.8 Å². The summed E-state index contributed by atoms with van der Waals surface area (Å²) in [6.07, 6.45) is 5.12. The smallest absolute Gasteiger partial charge is 0.333 e. The summed E-state index contributed by atoms with van der Waals surface area (Å²) in [4.78, 5) is 14.0. The van der Waals surface area contributed by atoms with Crippen LogP contribution in [0, 0.1) is 11.2 Å². The molecule has 1 atom stereocenters. The van der Waals surface area contributed by atoms with Crippen LogP contribution < -0.4 is 10.7 Å². The molecule has 0 spiro atoms. The number of nitrogens with two attached hydrogens (primary N) is 1. The molecule has 1 aliphatic rings. The lowest BCUT2D eigenvalue weighted by Crippen LogP contribution is -2.42. The number of ether oxygens (including phenoxy) is 2. The monoisotopic (exact) mass is 480 g/mol. The lowest BCUT2D eigenvalue weighted by Gasteiger charge is -2.17. The Morgan fingerprint density at radius 2 is 2.03 bits per heavy atom. The normalized spacial score (nSPS) is 14.4. The first-order valence-electron chi connectivity index (χ1n) is 11.8. The van der Waals surface area contributed by atoms with Gasteiger partial charge in [0, 0.05) is 31.1 Å². The minimum Gasteiger partial charge on any atom is -0.484 e. The zero-order chi connectivity index (χ0) is 24.8. The first kappa shape index (κ1) is 24.3. The van der Waals surface area contributed by atoms with Crippen molar-refractivity contribution in [3.8, 4) is 22.6 Å². The van der Waals surface area contributed by atoms with Gasteiger partial charge in [0.2, 0.25) is 5.95 Å². The maximum Gasteiger partial charge on any atom is 0.333 e. The number of aromatic nitrogens is 4. The highest BCUT2D eigenvalue weighted by Crippen LogP contribution is 2.39. The minimum absolute atomic E-state index is 0.00383. The number of nitrogens with one attached hydrogen (secondary N) is 2. The van der Waals surface area contributed by atoms with Crippen LogP contribution in [0.1, 0.15) is 44.5 Å². The van der Waals surface area contributed by atoms with Crippen LogP contribution in [0.3, 0.4) is 0 Å². The van der Waals surface area contributed by atoms with Crippen molar-refractivity contribution in [3.05, 3.63) is 48.2 Å². The number of benzene rings is 1. The molecule has 1 unspecified atom stereocenters. The van der Waals surface area contributed by atoms with Gasteiger partial charge < -0.3 is 19.4 Å². The molecule has 10 heteroatoms. The van der Waals surface area contributed by atoms with E-state index in [9.17, 15) is 4.39 Å². The molecule has 0 fully saturated rings. The predicted octanol–water partition coefficient (Wildman–Crippen LogP) is 3.03. The standard InChI is InChI=1S/C25H30FN7O2/c1-3-13-29-25-30-14-12-19(31-25)24-23(16-4-6-17(26)7-5-16)32-22-11-8-18(33(22)24)15-35-21(28)10-9-20(27)34-2/h4-7,12,14,18,27-28H,3,8-11,13,15H2,1-2H3,(H,29,30,31)/p+1. The lowest BCUT2D eigenvalue weighted by atomic mass is 10.1. The summed E-state index contributed by atoms with van der Waals surface area (Å²) in [5.74, 6) is 1.71. The summed E-state index contributed by atoms with van der Waals surface area (Å²) in [5, 5.41) is 16.9. The number of halogens is 1. The number of hydrogen-bond donors (Lipinski definition) is 3. The van der Waals surface area contributed by atoms with Crippen LogP contribution in [0.2, 0.25) is 0 Å². The maximum atomic E-state index is 13.6. The Labute approximate surface area is 203 Å². The van der Waals surface area contributed by atoms with Crippen LogP contribution >= 0.6 is 0 Å². The Balaban J connectivity index is 1.66. The first-order chi connectivity index (χ1) is 17.0. The largest absolute Gasteiger partial charge is 0.484 e. The molecule has 1 aliphatic heterocycles. The van der Waals surface area contributed by atoms with Gasteiger partial charge >= 0.3 is 5.90 Å². The van der Waals surface area contributed by atoms with Crippen LogP contribution in [0.5, 0.6) is 0 Å². The number of imidazole rings is 1. The minimum atomic E-state index is -0.297. The van der Waals surface area contributed by atoms with E-state index in [0.29, 0.717) is 31.3 Å². The van der Waals surface area contributed by atoms with Crippen molar-refractivity contribution in [3.63, 3.8) is 0 Å². The fourth-order valence-corrected chi connectivity index (χ4v) is 4.11. The molecule has 0 radical (unpaired) electrons. The molecule has 0 saturated carbocycles. The van der Waals surface area contributed by atoms with Gasteiger partial charge in [-0.2, -0.15) is 0 Å². The van der Waals surface area contributed by atoms with Crippen molar-refractivity contribution in [1.82, 2.24) is 19.5 Å². The third-order valence-corrected chi connectivity index (χ3v) is 5.91. The van der Waals surface area contributed by atoms with Crippen LogP contribution in [0.25, 0.3) is 22.6 Å². The summed E-state index contributed by atoms with van der Waals surface area (Å²) in [7, 11) is 1.47. The SMILES string of the molecule is CCCNc1nccc(-c2c(-c3ccc(F)cc3)nc3n2C(COC(=[NH2+])CCC(=N)OC)CC3)n1. The van der Waals surface area contributed by atoms with Crippen LogP contribution in [-0.4, -0.2) is 51.6 Å². The summed E-state index contributed by atoms with van der Waals surface area (Å²) in [5.41, 5.74) is 3.14. The van der Waals surface area contributed by atoms with Gasteiger partial charge in [0.05, 0.1) is 36.7 Å². The van der Waals surface area contributed by atoms with Crippen LogP contribution in [0.15, 0.2) is 36.5 Å². The van der Waals surface area contributed by atoms with Gasteiger partial charge in [-0.3, -0.25) is 5.41 Å².